The van der Waals surface area contributed by atoms with Gasteiger partial charge < -0.3 is 18.9 Å². The van der Waals surface area contributed by atoms with Crippen molar-refractivity contribution in [2.75, 3.05) is 6.61 Å². The Kier molecular flexibility index (Phi) is 10.9. The molecule has 0 heterocycles. The number of benzene rings is 3. The van der Waals surface area contributed by atoms with Crippen LogP contribution >= 0.6 is 0 Å². The molecule has 196 valence electrons. The lowest BCUT2D eigenvalue weighted by Gasteiger charge is -2.32. The van der Waals surface area contributed by atoms with Gasteiger partial charge in [0.25, 0.3) is 0 Å². The molecule has 0 fully saturated rings. The summed E-state index contributed by atoms with van der Waals surface area (Å²) in [5.74, 6) is -2.33. The summed E-state index contributed by atoms with van der Waals surface area (Å²) in [6.45, 7) is 3.73. The van der Waals surface area contributed by atoms with E-state index in [1.165, 1.54) is 6.08 Å². The standard InChI is InChI=1S/C29H29F3O5/c1-2-25(35-19-23-14-8-4-9-15-23)27(36-20-24-16-10-5-11-17-24)26(37-28(33)29(30,31)32)21-34-18-22-12-6-3-7-13-22/h2-17,25-27H,1,18-21H2/t25-,26+,27+/m1/s1. The summed E-state index contributed by atoms with van der Waals surface area (Å²) in [5.41, 5.74) is 2.44. The highest BCUT2D eigenvalue weighted by molar-refractivity contribution is 5.75. The van der Waals surface area contributed by atoms with Crippen LogP contribution in [0.25, 0.3) is 0 Å². The van der Waals surface area contributed by atoms with Crippen LogP contribution in [0.1, 0.15) is 16.7 Å². The molecule has 0 aliphatic rings. The Morgan fingerprint density at radius 3 is 1.68 bits per heavy atom. The van der Waals surface area contributed by atoms with Crippen molar-refractivity contribution in [2.45, 2.75) is 44.3 Å². The molecule has 3 aromatic carbocycles. The Morgan fingerprint density at radius 1 is 0.757 bits per heavy atom. The van der Waals surface area contributed by atoms with E-state index in [9.17, 15) is 18.0 Å². The highest BCUT2D eigenvalue weighted by Gasteiger charge is 2.44. The monoisotopic (exact) mass is 514 g/mol. The Balaban J connectivity index is 1.82. The van der Waals surface area contributed by atoms with Crippen LogP contribution in [0.15, 0.2) is 104 Å². The van der Waals surface area contributed by atoms with Gasteiger partial charge in [0.2, 0.25) is 0 Å². The molecule has 0 saturated heterocycles. The fourth-order valence-corrected chi connectivity index (χ4v) is 3.51. The first-order valence-electron chi connectivity index (χ1n) is 11.7. The minimum absolute atomic E-state index is 0.0449. The fourth-order valence-electron chi connectivity index (χ4n) is 3.51. The first-order chi connectivity index (χ1) is 17.9. The second-order valence-electron chi connectivity index (χ2n) is 8.20. The van der Waals surface area contributed by atoms with Gasteiger partial charge >= 0.3 is 12.1 Å². The van der Waals surface area contributed by atoms with Crippen molar-refractivity contribution in [3.8, 4) is 0 Å². The molecule has 3 rings (SSSR count). The van der Waals surface area contributed by atoms with Crippen molar-refractivity contribution in [2.24, 2.45) is 0 Å². The zero-order valence-corrected chi connectivity index (χ0v) is 20.2. The van der Waals surface area contributed by atoms with Crippen LogP contribution in [0.2, 0.25) is 0 Å². The molecule has 0 N–H and O–H groups in total. The summed E-state index contributed by atoms with van der Waals surface area (Å²) in [6.07, 6.45) is -7.24. The fraction of sp³-hybridized carbons (Fsp3) is 0.276. The molecule has 0 aliphatic carbocycles. The van der Waals surface area contributed by atoms with Gasteiger partial charge in [-0.1, -0.05) is 97.1 Å². The van der Waals surface area contributed by atoms with Gasteiger partial charge in [0.05, 0.1) is 26.4 Å². The molecule has 0 aromatic heterocycles. The summed E-state index contributed by atoms with van der Waals surface area (Å²) in [5, 5.41) is 0. The van der Waals surface area contributed by atoms with Crippen molar-refractivity contribution in [3.05, 3.63) is 120 Å². The van der Waals surface area contributed by atoms with Crippen LogP contribution < -0.4 is 0 Å². The molecule has 0 bridgehead atoms. The second-order valence-corrected chi connectivity index (χ2v) is 8.20. The maximum Gasteiger partial charge on any atom is 0.490 e. The van der Waals surface area contributed by atoms with E-state index in [0.29, 0.717) is 0 Å². The maximum atomic E-state index is 13.2. The number of alkyl halides is 3. The van der Waals surface area contributed by atoms with E-state index in [0.717, 1.165) is 16.7 Å². The van der Waals surface area contributed by atoms with Crippen LogP contribution in [-0.4, -0.2) is 37.1 Å². The number of esters is 1. The molecule has 8 heteroatoms. The lowest BCUT2D eigenvalue weighted by atomic mass is 10.1. The third-order valence-electron chi connectivity index (χ3n) is 5.38. The zero-order chi connectivity index (χ0) is 26.5. The smallest absolute Gasteiger partial charge is 0.450 e. The highest BCUT2D eigenvalue weighted by Crippen LogP contribution is 2.23. The molecular weight excluding hydrogens is 485 g/mol. The average molecular weight is 515 g/mol. The Hall–Kier alpha value is -3.46. The summed E-state index contributed by atoms with van der Waals surface area (Å²) < 4.78 is 62.0. The molecule has 5 nitrogen and oxygen atoms in total. The first kappa shape index (κ1) is 28.1. The van der Waals surface area contributed by atoms with E-state index < -0.39 is 30.5 Å². The number of carbonyl (C=O) groups is 1. The Morgan fingerprint density at radius 2 is 1.22 bits per heavy atom. The average Bonchev–Trinajstić information content (AvgIpc) is 2.91. The third-order valence-corrected chi connectivity index (χ3v) is 5.38. The number of hydrogen-bond donors (Lipinski definition) is 0. The molecule has 0 amide bonds. The summed E-state index contributed by atoms with van der Waals surface area (Å²) >= 11 is 0. The summed E-state index contributed by atoms with van der Waals surface area (Å²) in [4.78, 5) is 11.9. The van der Waals surface area contributed by atoms with E-state index in [4.69, 9.17) is 18.9 Å². The van der Waals surface area contributed by atoms with Crippen molar-refractivity contribution >= 4 is 5.97 Å². The number of hydrogen-bond acceptors (Lipinski definition) is 5. The number of carbonyl (C=O) groups excluding carboxylic acids is 1. The molecule has 3 aromatic rings. The van der Waals surface area contributed by atoms with Gasteiger partial charge in [0, 0.05) is 0 Å². The predicted octanol–water partition coefficient (Wildman–Crippen LogP) is 6.03. The number of rotatable bonds is 14. The Bertz CT molecular complexity index is 1070. The van der Waals surface area contributed by atoms with Gasteiger partial charge in [-0.2, -0.15) is 13.2 Å². The van der Waals surface area contributed by atoms with Crippen LogP contribution in [0, 0.1) is 0 Å². The molecule has 37 heavy (non-hydrogen) atoms. The Labute approximate surface area is 214 Å². The van der Waals surface area contributed by atoms with Crippen molar-refractivity contribution < 1.29 is 36.9 Å². The van der Waals surface area contributed by atoms with E-state index in [-0.39, 0.29) is 26.4 Å². The first-order valence-corrected chi connectivity index (χ1v) is 11.7. The van der Waals surface area contributed by atoms with Gasteiger partial charge in [-0.05, 0) is 16.7 Å². The van der Waals surface area contributed by atoms with Crippen LogP contribution in [0.5, 0.6) is 0 Å². The molecule has 0 spiro atoms. The van der Waals surface area contributed by atoms with Gasteiger partial charge in [0.15, 0.2) is 6.10 Å². The molecule has 0 unspecified atom stereocenters. The van der Waals surface area contributed by atoms with E-state index in [1.54, 1.807) is 0 Å². The largest absolute Gasteiger partial charge is 0.490 e. The zero-order valence-electron chi connectivity index (χ0n) is 20.2. The predicted molar refractivity (Wildman–Crippen MR) is 132 cm³/mol. The van der Waals surface area contributed by atoms with Gasteiger partial charge in [-0.3, -0.25) is 0 Å². The van der Waals surface area contributed by atoms with Gasteiger partial charge in [-0.25, -0.2) is 4.79 Å². The van der Waals surface area contributed by atoms with Crippen LogP contribution in [0.4, 0.5) is 13.2 Å². The highest BCUT2D eigenvalue weighted by atomic mass is 19.4. The normalized spacial score (nSPS) is 13.9. The van der Waals surface area contributed by atoms with Crippen molar-refractivity contribution in [1.29, 1.82) is 0 Å². The van der Waals surface area contributed by atoms with E-state index in [2.05, 4.69) is 6.58 Å². The molecule has 0 aliphatic heterocycles. The summed E-state index contributed by atoms with van der Waals surface area (Å²) in [6, 6.07) is 27.4. The molecule has 0 radical (unpaired) electrons. The third kappa shape index (κ3) is 9.49. The molecule has 0 saturated carbocycles. The van der Waals surface area contributed by atoms with Crippen molar-refractivity contribution in [3.63, 3.8) is 0 Å². The lowest BCUT2D eigenvalue weighted by molar-refractivity contribution is -0.219. The molecular formula is C29H29F3O5. The van der Waals surface area contributed by atoms with E-state index >= 15 is 0 Å². The second kappa shape index (κ2) is 14.3. The topological polar surface area (TPSA) is 54.0 Å². The SMILES string of the molecule is C=C[C@@H](OCc1ccccc1)[C@H](OCc1ccccc1)[C@H](COCc1ccccc1)OC(=O)C(F)(F)F. The minimum Gasteiger partial charge on any atom is -0.450 e. The van der Waals surface area contributed by atoms with Crippen molar-refractivity contribution in [1.82, 2.24) is 0 Å². The van der Waals surface area contributed by atoms with E-state index in [1.807, 2.05) is 91.0 Å². The number of halogens is 3. The lowest BCUT2D eigenvalue weighted by Crippen LogP contribution is -2.47. The minimum atomic E-state index is -5.18. The molecule has 3 atom stereocenters. The number of ether oxygens (including phenoxy) is 4. The maximum absolute atomic E-state index is 13.2. The van der Waals surface area contributed by atoms with Gasteiger partial charge in [-0.15, -0.1) is 6.58 Å². The quantitative estimate of drug-likeness (QED) is 0.194. The summed E-state index contributed by atoms with van der Waals surface area (Å²) in [7, 11) is 0. The van der Waals surface area contributed by atoms with Crippen LogP contribution in [-0.2, 0) is 43.6 Å². The van der Waals surface area contributed by atoms with Crippen LogP contribution in [0.3, 0.4) is 0 Å². The van der Waals surface area contributed by atoms with Gasteiger partial charge in [0.1, 0.15) is 12.2 Å².